The van der Waals surface area contributed by atoms with E-state index in [1.165, 1.54) is 20.8 Å². The Morgan fingerprint density at radius 2 is 1.29 bits per heavy atom. The Hall–Kier alpha value is -4.57. The highest BCUT2D eigenvalue weighted by Gasteiger charge is 2.20. The van der Waals surface area contributed by atoms with Gasteiger partial charge in [-0.25, -0.2) is 9.59 Å². The fourth-order valence-electron chi connectivity index (χ4n) is 4.42. The molecule has 0 fully saturated rings. The Bertz CT molecular complexity index is 1730. The number of fused-ring (bicyclic) bond motifs is 3. The molecule has 0 aliphatic carbocycles. The summed E-state index contributed by atoms with van der Waals surface area (Å²) >= 11 is 1.64. The van der Waals surface area contributed by atoms with Crippen LogP contribution in [0.25, 0.3) is 27.5 Å². The second-order valence-corrected chi connectivity index (χ2v) is 10.2. The summed E-state index contributed by atoms with van der Waals surface area (Å²) in [6.45, 7) is 5.80. The molecule has 41 heavy (non-hydrogen) atoms. The number of oxime groups is 2. The first kappa shape index (κ1) is 29.4. The topological polar surface area (TPSA) is 116 Å². The van der Waals surface area contributed by atoms with Crippen molar-refractivity contribution in [2.24, 2.45) is 10.3 Å². The summed E-state index contributed by atoms with van der Waals surface area (Å²) < 4.78 is 2.07. The predicted molar refractivity (Wildman–Crippen MR) is 160 cm³/mol. The van der Waals surface area contributed by atoms with Gasteiger partial charge >= 0.3 is 11.9 Å². The molecule has 1 heterocycles. The third kappa shape index (κ3) is 6.44. The van der Waals surface area contributed by atoms with E-state index in [1.54, 1.807) is 36.0 Å². The van der Waals surface area contributed by atoms with E-state index in [4.69, 9.17) is 4.84 Å². The molecule has 0 atom stereocenters. The Balaban J connectivity index is 1.92. The van der Waals surface area contributed by atoms with Crippen molar-refractivity contribution in [3.05, 3.63) is 71.8 Å². The molecule has 9 nitrogen and oxygen atoms in total. The van der Waals surface area contributed by atoms with Gasteiger partial charge in [-0.3, -0.25) is 9.59 Å². The van der Waals surface area contributed by atoms with Crippen LogP contribution < -0.4 is 0 Å². The third-order valence-corrected chi connectivity index (χ3v) is 7.04. The molecule has 0 N–H and O–H groups in total. The van der Waals surface area contributed by atoms with Crippen LogP contribution >= 0.6 is 11.8 Å². The van der Waals surface area contributed by atoms with Crippen molar-refractivity contribution >= 4 is 68.5 Å². The number of carbonyl (C=O) groups excluding carboxylic acids is 4. The van der Waals surface area contributed by atoms with Gasteiger partial charge in [0.2, 0.25) is 11.6 Å². The number of benzene rings is 3. The number of hydrogen-bond acceptors (Lipinski definition) is 9. The first-order valence-corrected chi connectivity index (χ1v) is 14.2. The van der Waals surface area contributed by atoms with Gasteiger partial charge in [-0.15, -0.1) is 11.8 Å². The molecular weight excluding hydrogens is 542 g/mol. The van der Waals surface area contributed by atoms with Crippen LogP contribution in [0.1, 0.15) is 61.3 Å². The molecule has 0 bridgehead atoms. The number of Topliss-reactive ketones (excluding diaryl/α,β-unsaturated/α-hetero) is 2. The van der Waals surface area contributed by atoms with Crippen molar-refractivity contribution in [3.8, 4) is 5.69 Å². The zero-order chi connectivity index (χ0) is 29.7. The van der Waals surface area contributed by atoms with Crippen molar-refractivity contribution in [2.75, 3.05) is 6.26 Å². The van der Waals surface area contributed by atoms with Gasteiger partial charge in [0.25, 0.3) is 0 Å². The molecule has 0 amide bonds. The molecule has 0 unspecified atom stereocenters. The maximum absolute atomic E-state index is 13.4. The van der Waals surface area contributed by atoms with Crippen LogP contribution in [0, 0.1) is 0 Å². The predicted octanol–water partition coefficient (Wildman–Crippen LogP) is 6.53. The smallest absolute Gasteiger partial charge is 0.318 e. The number of ketones is 2. The Labute approximate surface area is 241 Å². The molecule has 4 rings (SSSR count). The Morgan fingerprint density at radius 1 is 0.756 bits per heavy atom. The number of carbonyl (C=O) groups is 4. The van der Waals surface area contributed by atoms with E-state index in [2.05, 4.69) is 19.7 Å². The van der Waals surface area contributed by atoms with Crippen LogP contribution in [0.4, 0.5) is 0 Å². The molecule has 0 saturated heterocycles. The van der Waals surface area contributed by atoms with Gasteiger partial charge in [0.1, 0.15) is 11.4 Å². The van der Waals surface area contributed by atoms with Crippen molar-refractivity contribution in [1.82, 2.24) is 4.57 Å². The summed E-state index contributed by atoms with van der Waals surface area (Å²) in [4.78, 5) is 59.5. The number of rotatable bonds is 10. The van der Waals surface area contributed by atoms with Crippen LogP contribution in [0.3, 0.4) is 0 Å². The monoisotopic (exact) mass is 571 g/mol. The van der Waals surface area contributed by atoms with E-state index < -0.39 is 17.7 Å². The van der Waals surface area contributed by atoms with Crippen LogP contribution in [0.15, 0.2) is 75.9 Å². The summed E-state index contributed by atoms with van der Waals surface area (Å²) in [6.07, 6.45) is 2.99. The first-order valence-electron chi connectivity index (χ1n) is 12.9. The highest BCUT2D eigenvalue weighted by Crippen LogP contribution is 2.34. The van der Waals surface area contributed by atoms with E-state index in [0.29, 0.717) is 24.0 Å². The highest BCUT2D eigenvalue weighted by atomic mass is 32.2. The molecular formula is C31H29N3O6S. The normalized spacial score (nSPS) is 12.0. The lowest BCUT2D eigenvalue weighted by Crippen LogP contribution is -2.15. The maximum atomic E-state index is 13.4. The Kier molecular flexibility index (Phi) is 9.14. The molecule has 0 aliphatic heterocycles. The average molecular weight is 572 g/mol. The number of hydrogen-bond donors (Lipinski definition) is 0. The van der Waals surface area contributed by atoms with Crippen molar-refractivity contribution in [1.29, 1.82) is 0 Å². The minimum Gasteiger partial charge on any atom is -0.318 e. The van der Waals surface area contributed by atoms with Crippen molar-refractivity contribution in [2.45, 2.75) is 45.4 Å². The van der Waals surface area contributed by atoms with Gasteiger partial charge in [-0.2, -0.15) is 0 Å². The fourth-order valence-corrected chi connectivity index (χ4v) is 4.83. The lowest BCUT2D eigenvalue weighted by Gasteiger charge is -2.09. The molecule has 3 aromatic carbocycles. The molecule has 210 valence electrons. The summed E-state index contributed by atoms with van der Waals surface area (Å²) in [5.74, 6) is -1.98. The highest BCUT2D eigenvalue weighted by molar-refractivity contribution is 7.98. The number of nitrogens with zero attached hydrogens (tertiary/aromatic N) is 3. The SMILES string of the molecule is CCC/C(=N/OC(C)=O)C(=O)c1ccc2c(c1)c1cc(C(=O)/C(C)=N/OC(C)=O)ccc1n2-c1ccc(SC)cc1. The van der Waals surface area contributed by atoms with Crippen LogP contribution in [0.2, 0.25) is 0 Å². The third-order valence-electron chi connectivity index (χ3n) is 6.29. The van der Waals surface area contributed by atoms with E-state index >= 15 is 0 Å². The van der Waals surface area contributed by atoms with Crippen molar-refractivity contribution < 1.29 is 28.9 Å². The van der Waals surface area contributed by atoms with Gasteiger partial charge in [0, 0.05) is 46.3 Å². The summed E-state index contributed by atoms with van der Waals surface area (Å²) in [5, 5.41) is 8.92. The Morgan fingerprint density at radius 3 is 1.80 bits per heavy atom. The van der Waals surface area contributed by atoms with Crippen LogP contribution in [-0.4, -0.2) is 45.8 Å². The largest absolute Gasteiger partial charge is 0.331 e. The summed E-state index contributed by atoms with van der Waals surface area (Å²) in [6, 6.07) is 18.7. The standard InChI is InChI=1S/C31H29N3O6S/c1-6-7-27(33-40-20(4)36)31(38)22-9-15-29-26(17-22)25-16-21(30(37)18(2)32-39-19(3)35)8-14-28(25)34(29)23-10-12-24(41-5)13-11-23/h8-17H,6-7H2,1-5H3/b32-18+,33-27-. The molecule has 0 aliphatic rings. The quantitative estimate of drug-likeness (QED) is 0.0698. The molecule has 1 aromatic heterocycles. The molecule has 0 spiro atoms. The second-order valence-electron chi connectivity index (χ2n) is 9.29. The summed E-state index contributed by atoms with van der Waals surface area (Å²) in [5.41, 5.74) is 3.47. The van der Waals surface area contributed by atoms with E-state index in [0.717, 1.165) is 32.4 Å². The van der Waals surface area contributed by atoms with Gasteiger partial charge < -0.3 is 14.2 Å². The minimum absolute atomic E-state index is 0.0256. The van der Waals surface area contributed by atoms with Gasteiger partial charge in [-0.05, 0) is 80.3 Å². The fraction of sp³-hybridized carbons (Fsp3) is 0.226. The lowest BCUT2D eigenvalue weighted by molar-refractivity contribution is -0.141. The van der Waals surface area contributed by atoms with Crippen LogP contribution in [0.5, 0.6) is 0 Å². The zero-order valence-corrected chi connectivity index (χ0v) is 24.2. The van der Waals surface area contributed by atoms with E-state index in [9.17, 15) is 19.2 Å². The molecule has 0 saturated carbocycles. The molecule has 10 heteroatoms. The molecule has 4 aromatic rings. The average Bonchev–Trinajstić information content (AvgIpc) is 3.30. The summed E-state index contributed by atoms with van der Waals surface area (Å²) in [7, 11) is 0. The van der Waals surface area contributed by atoms with E-state index in [-0.39, 0.29) is 17.2 Å². The second kappa shape index (κ2) is 12.7. The van der Waals surface area contributed by atoms with Gasteiger partial charge in [0.05, 0.1) is 11.0 Å². The maximum Gasteiger partial charge on any atom is 0.331 e. The van der Waals surface area contributed by atoms with E-state index in [1.807, 2.05) is 49.6 Å². The van der Waals surface area contributed by atoms with Gasteiger partial charge in [0.15, 0.2) is 0 Å². The molecule has 0 radical (unpaired) electrons. The number of aromatic nitrogens is 1. The van der Waals surface area contributed by atoms with Crippen LogP contribution in [-0.2, 0) is 19.3 Å². The number of thioether (sulfide) groups is 1. The van der Waals surface area contributed by atoms with Gasteiger partial charge in [-0.1, -0.05) is 23.7 Å². The lowest BCUT2D eigenvalue weighted by atomic mass is 10.00. The first-order chi connectivity index (χ1) is 19.6. The van der Waals surface area contributed by atoms with Crippen molar-refractivity contribution in [3.63, 3.8) is 0 Å². The zero-order valence-electron chi connectivity index (χ0n) is 23.4. The minimum atomic E-state index is -0.625.